The van der Waals surface area contributed by atoms with Crippen LogP contribution in [-0.4, -0.2) is 47.5 Å². The summed E-state index contributed by atoms with van der Waals surface area (Å²) in [6, 6.07) is 17.5. The molecule has 0 bridgehead atoms. The molecule has 4 rings (SSSR count). The molecule has 1 saturated carbocycles. The number of para-hydroxylation sites is 1. The first kappa shape index (κ1) is 22.3. The van der Waals surface area contributed by atoms with Gasteiger partial charge in [-0.05, 0) is 69.7 Å². The fourth-order valence-corrected chi connectivity index (χ4v) is 3.83. The number of methoxy groups -OCH3 is 1. The van der Waals surface area contributed by atoms with Crippen LogP contribution in [0, 0.1) is 18.8 Å². The first-order valence-corrected chi connectivity index (χ1v) is 10.2. The predicted octanol–water partition coefficient (Wildman–Crippen LogP) is 4.49. The van der Waals surface area contributed by atoms with Crippen LogP contribution in [0.25, 0.3) is 0 Å². The fourth-order valence-electron chi connectivity index (χ4n) is 3.83. The van der Waals surface area contributed by atoms with Gasteiger partial charge in [-0.1, -0.05) is 35.9 Å². The second-order valence-electron chi connectivity index (χ2n) is 8.05. The molecule has 2 aromatic rings. The maximum atomic E-state index is 9.44. The van der Waals surface area contributed by atoms with Gasteiger partial charge in [-0.3, -0.25) is 0 Å². The standard InChI is InChI=1S/C10H19NO.2C7H8O/c1-7(2)11-5-8-3-10(12)4-9(8)6-11;1-6-2-4-7(8)5-3-6;1-8-7-5-3-2-4-6-7/h7-10,12H,3-6H2,1-2H3;2-5,8H,1H3;2-6H,1H3/t8-,9+,10?;;. The highest BCUT2D eigenvalue weighted by Crippen LogP contribution is 2.38. The number of nitrogens with zero attached hydrogens (tertiary/aromatic N) is 1. The van der Waals surface area contributed by atoms with E-state index >= 15 is 0 Å². The van der Waals surface area contributed by atoms with Crippen LogP contribution in [0.1, 0.15) is 32.3 Å². The van der Waals surface area contributed by atoms with Crippen molar-refractivity contribution in [3.05, 3.63) is 60.2 Å². The number of rotatable bonds is 2. The molecule has 154 valence electrons. The molecule has 1 unspecified atom stereocenters. The van der Waals surface area contributed by atoms with Gasteiger partial charge in [0, 0.05) is 19.1 Å². The van der Waals surface area contributed by atoms with Gasteiger partial charge in [0.25, 0.3) is 0 Å². The van der Waals surface area contributed by atoms with Gasteiger partial charge in [0.2, 0.25) is 0 Å². The lowest BCUT2D eigenvalue weighted by Gasteiger charge is -2.21. The third kappa shape index (κ3) is 7.17. The summed E-state index contributed by atoms with van der Waals surface area (Å²) in [6.45, 7) is 8.95. The second-order valence-corrected chi connectivity index (χ2v) is 8.05. The smallest absolute Gasteiger partial charge is 0.118 e. The number of phenols is 1. The van der Waals surface area contributed by atoms with E-state index in [1.807, 2.05) is 49.4 Å². The third-order valence-electron chi connectivity index (χ3n) is 5.50. The average Bonchev–Trinajstić information content (AvgIpc) is 3.23. The largest absolute Gasteiger partial charge is 0.508 e. The topological polar surface area (TPSA) is 52.9 Å². The fraction of sp³-hybridized carbons (Fsp3) is 0.500. The van der Waals surface area contributed by atoms with Crippen molar-refractivity contribution >= 4 is 0 Å². The number of ether oxygens (including phenoxy) is 1. The Morgan fingerprint density at radius 3 is 1.86 bits per heavy atom. The molecule has 2 fully saturated rings. The lowest BCUT2D eigenvalue weighted by atomic mass is 10.0. The van der Waals surface area contributed by atoms with Crippen molar-refractivity contribution in [1.29, 1.82) is 0 Å². The maximum absolute atomic E-state index is 9.44. The number of aliphatic hydroxyl groups is 1. The molecular weight excluding hydrogens is 350 g/mol. The van der Waals surface area contributed by atoms with Crippen LogP contribution in [0.4, 0.5) is 0 Å². The van der Waals surface area contributed by atoms with Crippen LogP contribution in [0.3, 0.4) is 0 Å². The number of benzene rings is 2. The van der Waals surface area contributed by atoms with Gasteiger partial charge < -0.3 is 19.8 Å². The molecule has 1 aliphatic carbocycles. The predicted molar refractivity (Wildman–Crippen MR) is 115 cm³/mol. The molecule has 4 heteroatoms. The van der Waals surface area contributed by atoms with Crippen molar-refractivity contribution in [3.63, 3.8) is 0 Å². The quantitative estimate of drug-likeness (QED) is 0.800. The summed E-state index contributed by atoms with van der Waals surface area (Å²) in [7, 11) is 1.66. The minimum absolute atomic E-state index is 0.00862. The molecule has 2 aliphatic rings. The minimum Gasteiger partial charge on any atom is -0.508 e. The molecular formula is C24H35NO3. The van der Waals surface area contributed by atoms with E-state index in [4.69, 9.17) is 9.84 Å². The van der Waals surface area contributed by atoms with Crippen molar-refractivity contribution in [3.8, 4) is 11.5 Å². The van der Waals surface area contributed by atoms with Gasteiger partial charge in [0.05, 0.1) is 13.2 Å². The van der Waals surface area contributed by atoms with E-state index in [1.54, 1.807) is 19.2 Å². The van der Waals surface area contributed by atoms with E-state index in [2.05, 4.69) is 18.7 Å². The molecule has 28 heavy (non-hydrogen) atoms. The first-order valence-electron chi connectivity index (χ1n) is 10.2. The van der Waals surface area contributed by atoms with Crippen LogP contribution in [0.2, 0.25) is 0 Å². The van der Waals surface area contributed by atoms with Gasteiger partial charge in [0.1, 0.15) is 11.5 Å². The maximum Gasteiger partial charge on any atom is 0.118 e. The van der Waals surface area contributed by atoms with E-state index in [0.717, 1.165) is 30.4 Å². The zero-order chi connectivity index (χ0) is 20.5. The lowest BCUT2D eigenvalue weighted by Crippen LogP contribution is -2.29. The number of fused-ring (bicyclic) bond motifs is 1. The van der Waals surface area contributed by atoms with Gasteiger partial charge >= 0.3 is 0 Å². The Balaban J connectivity index is 0.000000156. The zero-order valence-electron chi connectivity index (χ0n) is 17.6. The van der Waals surface area contributed by atoms with E-state index in [9.17, 15) is 5.11 Å². The van der Waals surface area contributed by atoms with E-state index in [1.165, 1.54) is 18.7 Å². The van der Waals surface area contributed by atoms with Crippen LogP contribution in [0.15, 0.2) is 54.6 Å². The Hall–Kier alpha value is -2.04. The number of aliphatic hydroxyl groups excluding tert-OH is 1. The summed E-state index contributed by atoms with van der Waals surface area (Å²) < 4.78 is 4.91. The lowest BCUT2D eigenvalue weighted by molar-refractivity contribution is 0.156. The SMILES string of the molecule is CC(C)N1C[C@H]2CC(O)C[C@H]2C1.COc1ccccc1.Cc1ccc(O)cc1. The number of phenolic OH excluding ortho intramolecular Hbond substituents is 1. The summed E-state index contributed by atoms with van der Waals surface area (Å²) in [5, 5.41) is 18.2. The number of likely N-dealkylation sites (tertiary alicyclic amines) is 1. The van der Waals surface area contributed by atoms with Crippen molar-refractivity contribution < 1.29 is 14.9 Å². The van der Waals surface area contributed by atoms with Crippen molar-refractivity contribution in [2.45, 2.75) is 45.8 Å². The summed E-state index contributed by atoms with van der Waals surface area (Å²) in [6.07, 6.45) is 2.11. The Morgan fingerprint density at radius 2 is 1.46 bits per heavy atom. The molecule has 0 spiro atoms. The van der Waals surface area contributed by atoms with Gasteiger partial charge in [0.15, 0.2) is 0 Å². The summed E-state index contributed by atoms with van der Waals surface area (Å²) in [5.74, 6) is 2.83. The molecule has 0 amide bonds. The molecule has 1 aliphatic heterocycles. The average molecular weight is 386 g/mol. The highest BCUT2D eigenvalue weighted by molar-refractivity contribution is 5.24. The van der Waals surface area contributed by atoms with Crippen LogP contribution >= 0.6 is 0 Å². The van der Waals surface area contributed by atoms with Crippen molar-refractivity contribution in [2.75, 3.05) is 20.2 Å². The number of hydrogen-bond donors (Lipinski definition) is 2. The molecule has 3 atom stereocenters. The molecule has 1 saturated heterocycles. The van der Waals surface area contributed by atoms with Crippen molar-refractivity contribution in [1.82, 2.24) is 4.90 Å². The van der Waals surface area contributed by atoms with E-state index in [-0.39, 0.29) is 6.10 Å². The minimum atomic E-state index is 0.00862. The molecule has 2 aromatic carbocycles. The van der Waals surface area contributed by atoms with E-state index in [0.29, 0.717) is 11.8 Å². The zero-order valence-corrected chi connectivity index (χ0v) is 17.6. The van der Waals surface area contributed by atoms with Crippen LogP contribution in [-0.2, 0) is 0 Å². The number of aryl methyl sites for hydroxylation is 1. The normalized spacial score (nSPS) is 23.3. The summed E-state index contributed by atoms with van der Waals surface area (Å²) in [5.41, 5.74) is 1.17. The molecule has 1 heterocycles. The Kier molecular flexibility index (Phi) is 8.81. The van der Waals surface area contributed by atoms with Crippen LogP contribution in [0.5, 0.6) is 11.5 Å². The van der Waals surface area contributed by atoms with Gasteiger partial charge in [-0.15, -0.1) is 0 Å². The summed E-state index contributed by atoms with van der Waals surface area (Å²) >= 11 is 0. The van der Waals surface area contributed by atoms with Crippen LogP contribution < -0.4 is 4.74 Å². The molecule has 0 aromatic heterocycles. The Morgan fingerprint density at radius 1 is 0.929 bits per heavy atom. The monoisotopic (exact) mass is 385 g/mol. The van der Waals surface area contributed by atoms with Gasteiger partial charge in [-0.2, -0.15) is 0 Å². The highest BCUT2D eigenvalue weighted by atomic mass is 16.5. The number of aromatic hydroxyl groups is 1. The highest BCUT2D eigenvalue weighted by Gasteiger charge is 2.40. The number of hydrogen-bond acceptors (Lipinski definition) is 4. The Bertz CT molecular complexity index is 637. The van der Waals surface area contributed by atoms with Crippen molar-refractivity contribution in [2.24, 2.45) is 11.8 Å². The first-order chi connectivity index (χ1) is 13.4. The molecule has 0 radical (unpaired) electrons. The third-order valence-corrected chi connectivity index (χ3v) is 5.50. The summed E-state index contributed by atoms with van der Waals surface area (Å²) in [4.78, 5) is 2.54. The van der Waals surface area contributed by atoms with E-state index < -0.39 is 0 Å². The molecule has 2 N–H and O–H groups in total. The second kappa shape index (κ2) is 11.1. The Labute approximate surface area is 169 Å². The molecule has 4 nitrogen and oxygen atoms in total. The van der Waals surface area contributed by atoms with Gasteiger partial charge in [-0.25, -0.2) is 0 Å².